The number of hydrogen-bond acceptors (Lipinski definition) is 5. The highest BCUT2D eigenvalue weighted by Gasteiger charge is 2.43. The molecule has 1 aliphatic rings. The normalized spacial score (nSPS) is 16.8. The molecular weight excluding hydrogens is 358 g/mol. The lowest BCUT2D eigenvalue weighted by Gasteiger charge is -2.35. The summed E-state index contributed by atoms with van der Waals surface area (Å²) in [6.45, 7) is 0.626. The van der Waals surface area contributed by atoms with E-state index in [1.54, 1.807) is 0 Å². The number of carbonyl (C=O) groups excluding carboxylic acids is 1. The number of alkyl halides is 3. The van der Waals surface area contributed by atoms with Gasteiger partial charge in [0, 0.05) is 38.8 Å². The third-order valence-corrected chi connectivity index (χ3v) is 4.14. The van der Waals surface area contributed by atoms with Gasteiger partial charge in [0.1, 0.15) is 11.9 Å². The predicted molar refractivity (Wildman–Crippen MR) is 86.1 cm³/mol. The number of rotatable bonds is 6. The molecule has 1 amide bonds. The molecule has 1 heterocycles. The minimum Gasteiger partial charge on any atom is -0.493 e. The maximum atomic E-state index is 14.1. The molecule has 1 aromatic rings. The van der Waals surface area contributed by atoms with Crippen LogP contribution in [0.3, 0.4) is 0 Å². The van der Waals surface area contributed by atoms with Gasteiger partial charge in [-0.2, -0.15) is 13.2 Å². The van der Waals surface area contributed by atoms with Crippen LogP contribution < -0.4 is 20.1 Å². The summed E-state index contributed by atoms with van der Waals surface area (Å²) in [6.07, 6.45) is -4.51. The Kier molecular flexibility index (Phi) is 6.65. The lowest BCUT2D eigenvalue weighted by atomic mass is 10.1. The van der Waals surface area contributed by atoms with Crippen molar-refractivity contribution in [2.45, 2.75) is 12.2 Å². The van der Waals surface area contributed by atoms with Gasteiger partial charge in [0.2, 0.25) is 0 Å². The van der Waals surface area contributed by atoms with Crippen LogP contribution in [-0.4, -0.2) is 70.0 Å². The summed E-state index contributed by atoms with van der Waals surface area (Å²) in [5, 5.41) is 5.15. The van der Waals surface area contributed by atoms with E-state index in [0.29, 0.717) is 13.1 Å². The Hall–Kier alpha value is -2.07. The van der Waals surface area contributed by atoms with E-state index < -0.39 is 36.1 Å². The number of methoxy groups -OCH3 is 2. The molecule has 1 aliphatic heterocycles. The van der Waals surface area contributed by atoms with Gasteiger partial charge < -0.3 is 20.1 Å². The van der Waals surface area contributed by atoms with Gasteiger partial charge in [-0.25, -0.2) is 4.39 Å². The Labute approximate surface area is 148 Å². The van der Waals surface area contributed by atoms with Crippen LogP contribution in [-0.2, 0) is 0 Å². The third kappa shape index (κ3) is 4.76. The zero-order valence-electron chi connectivity index (χ0n) is 14.5. The molecular formula is C16H21F4N3O3. The molecule has 26 heavy (non-hydrogen) atoms. The second-order valence-electron chi connectivity index (χ2n) is 5.74. The highest BCUT2D eigenvalue weighted by atomic mass is 19.4. The van der Waals surface area contributed by atoms with E-state index in [1.807, 2.05) is 0 Å². The monoisotopic (exact) mass is 379 g/mol. The number of halogens is 4. The first kappa shape index (κ1) is 20.2. The van der Waals surface area contributed by atoms with Gasteiger partial charge in [0.25, 0.3) is 5.91 Å². The SMILES string of the molecule is COc1cc(F)c(C(=O)NCC(N2CCNCC2)C(F)(F)F)cc1OC. The van der Waals surface area contributed by atoms with E-state index >= 15 is 0 Å². The van der Waals surface area contributed by atoms with Gasteiger partial charge in [-0.1, -0.05) is 0 Å². The van der Waals surface area contributed by atoms with Crippen LogP contribution >= 0.6 is 0 Å². The number of hydrogen-bond donors (Lipinski definition) is 2. The van der Waals surface area contributed by atoms with Crippen LogP contribution in [0.15, 0.2) is 12.1 Å². The molecule has 2 rings (SSSR count). The molecule has 0 bridgehead atoms. The van der Waals surface area contributed by atoms with E-state index in [4.69, 9.17) is 9.47 Å². The Morgan fingerprint density at radius 1 is 1.23 bits per heavy atom. The van der Waals surface area contributed by atoms with Crippen molar-refractivity contribution in [3.8, 4) is 11.5 Å². The van der Waals surface area contributed by atoms with Crippen molar-refractivity contribution < 1.29 is 31.8 Å². The number of amides is 1. The number of nitrogens with one attached hydrogen (secondary N) is 2. The van der Waals surface area contributed by atoms with Crippen LogP contribution in [0.25, 0.3) is 0 Å². The van der Waals surface area contributed by atoms with E-state index in [2.05, 4.69) is 10.6 Å². The molecule has 1 atom stereocenters. The largest absolute Gasteiger partial charge is 0.493 e. The Bertz CT molecular complexity index is 634. The highest BCUT2D eigenvalue weighted by molar-refractivity contribution is 5.95. The number of carbonyl (C=O) groups is 1. The summed E-state index contributed by atoms with van der Waals surface area (Å²) in [4.78, 5) is 13.5. The lowest BCUT2D eigenvalue weighted by molar-refractivity contribution is -0.183. The molecule has 0 aromatic heterocycles. The quantitative estimate of drug-likeness (QED) is 0.732. The maximum absolute atomic E-state index is 14.1. The van der Waals surface area contributed by atoms with Gasteiger partial charge >= 0.3 is 6.18 Å². The summed E-state index contributed by atoms with van der Waals surface area (Å²) >= 11 is 0. The molecule has 1 saturated heterocycles. The molecule has 1 fully saturated rings. The zero-order valence-corrected chi connectivity index (χ0v) is 14.5. The van der Waals surface area contributed by atoms with Crippen LogP contribution in [0.5, 0.6) is 11.5 Å². The molecule has 1 unspecified atom stereocenters. The molecule has 10 heteroatoms. The van der Waals surface area contributed by atoms with Crippen LogP contribution in [0.1, 0.15) is 10.4 Å². The summed E-state index contributed by atoms with van der Waals surface area (Å²) < 4.78 is 64.0. The summed E-state index contributed by atoms with van der Waals surface area (Å²) in [6, 6.07) is 0.208. The first-order valence-corrected chi connectivity index (χ1v) is 7.99. The van der Waals surface area contributed by atoms with Crippen molar-refractivity contribution in [2.75, 3.05) is 46.9 Å². The van der Waals surface area contributed by atoms with Gasteiger partial charge in [0.15, 0.2) is 11.5 Å². The van der Waals surface area contributed by atoms with Crippen LogP contribution in [0.4, 0.5) is 17.6 Å². The lowest BCUT2D eigenvalue weighted by Crippen LogP contribution is -2.57. The first-order valence-electron chi connectivity index (χ1n) is 7.99. The van der Waals surface area contributed by atoms with Crippen LogP contribution in [0, 0.1) is 5.82 Å². The van der Waals surface area contributed by atoms with E-state index in [9.17, 15) is 22.4 Å². The number of piperazine rings is 1. The van der Waals surface area contributed by atoms with E-state index in [-0.39, 0.29) is 24.6 Å². The van der Waals surface area contributed by atoms with Crippen LogP contribution in [0.2, 0.25) is 0 Å². The molecule has 6 nitrogen and oxygen atoms in total. The van der Waals surface area contributed by atoms with E-state index in [1.165, 1.54) is 19.1 Å². The molecule has 0 radical (unpaired) electrons. The smallest absolute Gasteiger partial charge is 0.405 e. The minimum absolute atomic E-state index is 0.0792. The number of nitrogens with zero attached hydrogens (tertiary/aromatic N) is 1. The molecule has 0 saturated carbocycles. The summed E-state index contributed by atoms with van der Waals surface area (Å²) in [7, 11) is 2.61. The zero-order chi connectivity index (χ0) is 19.3. The number of benzene rings is 1. The Morgan fingerprint density at radius 3 is 2.35 bits per heavy atom. The molecule has 0 aliphatic carbocycles. The summed E-state index contributed by atoms with van der Waals surface area (Å²) in [5.41, 5.74) is -0.413. The minimum atomic E-state index is -4.51. The average molecular weight is 379 g/mol. The highest BCUT2D eigenvalue weighted by Crippen LogP contribution is 2.30. The second-order valence-corrected chi connectivity index (χ2v) is 5.74. The second kappa shape index (κ2) is 8.54. The van der Waals surface area contributed by atoms with Crippen molar-refractivity contribution in [1.29, 1.82) is 0 Å². The van der Waals surface area contributed by atoms with Gasteiger partial charge in [-0.15, -0.1) is 0 Å². The third-order valence-electron chi connectivity index (χ3n) is 4.14. The topological polar surface area (TPSA) is 62.8 Å². The Morgan fingerprint density at radius 2 is 1.81 bits per heavy atom. The number of ether oxygens (including phenoxy) is 2. The average Bonchev–Trinajstić information content (AvgIpc) is 2.61. The van der Waals surface area contributed by atoms with Crippen molar-refractivity contribution in [1.82, 2.24) is 15.5 Å². The molecule has 0 spiro atoms. The standard InChI is InChI=1S/C16H21F4N3O3/c1-25-12-7-10(11(17)8-13(12)26-2)15(24)22-9-14(16(18,19)20)23-5-3-21-4-6-23/h7-8,14,21H,3-6,9H2,1-2H3,(H,22,24). The Balaban J connectivity index is 2.12. The molecule has 2 N–H and O–H groups in total. The van der Waals surface area contributed by atoms with Crippen molar-refractivity contribution in [2.24, 2.45) is 0 Å². The molecule has 1 aromatic carbocycles. The maximum Gasteiger partial charge on any atom is 0.405 e. The predicted octanol–water partition coefficient (Wildman–Crippen LogP) is 1.41. The van der Waals surface area contributed by atoms with Crippen molar-refractivity contribution in [3.63, 3.8) is 0 Å². The van der Waals surface area contributed by atoms with Gasteiger partial charge in [-0.05, 0) is 6.07 Å². The fourth-order valence-corrected chi connectivity index (χ4v) is 2.76. The van der Waals surface area contributed by atoms with E-state index in [0.717, 1.165) is 12.1 Å². The van der Waals surface area contributed by atoms with Crippen molar-refractivity contribution >= 4 is 5.91 Å². The first-order chi connectivity index (χ1) is 12.3. The van der Waals surface area contributed by atoms with Gasteiger partial charge in [0.05, 0.1) is 19.8 Å². The summed E-state index contributed by atoms with van der Waals surface area (Å²) in [5.74, 6) is -1.68. The fourth-order valence-electron chi connectivity index (χ4n) is 2.76. The fraction of sp³-hybridized carbons (Fsp3) is 0.562. The molecule has 146 valence electrons. The van der Waals surface area contributed by atoms with Crippen molar-refractivity contribution in [3.05, 3.63) is 23.5 Å². The van der Waals surface area contributed by atoms with Gasteiger partial charge in [-0.3, -0.25) is 9.69 Å².